The largest absolute Gasteiger partial charge is 0.369 e. The number of nitrogens with zero attached hydrogens (tertiary/aromatic N) is 2. The summed E-state index contributed by atoms with van der Waals surface area (Å²) in [6.45, 7) is 6.60. The van der Waals surface area contributed by atoms with Crippen molar-refractivity contribution in [3.63, 3.8) is 0 Å². The molecule has 2 heterocycles. The molecular formula is C10H15ClN2O. The van der Waals surface area contributed by atoms with E-state index in [1.165, 1.54) is 12.8 Å². The lowest BCUT2D eigenvalue weighted by Gasteiger charge is -2.40. The molecule has 0 bridgehead atoms. The molecule has 2 rings (SSSR count). The maximum Gasteiger partial charge on any atom is 0.237 e. The van der Waals surface area contributed by atoms with Crippen LogP contribution < -0.4 is 0 Å². The first-order valence-electron chi connectivity index (χ1n) is 5.00. The fraction of sp³-hybridized carbons (Fsp3) is 0.700. The third-order valence-electron chi connectivity index (χ3n) is 3.05. The number of piperazine rings is 1. The van der Waals surface area contributed by atoms with Crippen LogP contribution in [0.15, 0.2) is 12.3 Å². The molecule has 3 nitrogen and oxygen atoms in total. The van der Waals surface area contributed by atoms with Gasteiger partial charge < -0.3 is 9.80 Å². The van der Waals surface area contributed by atoms with E-state index in [4.69, 9.17) is 11.6 Å². The van der Waals surface area contributed by atoms with Gasteiger partial charge in [0.1, 0.15) is 5.88 Å². The van der Waals surface area contributed by atoms with Gasteiger partial charge >= 0.3 is 0 Å². The van der Waals surface area contributed by atoms with Crippen LogP contribution in [0.25, 0.3) is 0 Å². The topological polar surface area (TPSA) is 23.6 Å². The van der Waals surface area contributed by atoms with Gasteiger partial charge in [-0.25, -0.2) is 0 Å². The highest BCUT2D eigenvalue weighted by Gasteiger charge is 2.33. The van der Waals surface area contributed by atoms with E-state index in [-0.39, 0.29) is 11.8 Å². The fourth-order valence-electron chi connectivity index (χ4n) is 2.35. The standard InChI is InChI=1S/C10H15ClN2O/c1-8-6-12(10(14)5-11)7-9-3-2-4-13(8)9/h9H,1-7H2. The van der Waals surface area contributed by atoms with E-state index in [9.17, 15) is 4.79 Å². The minimum absolute atomic E-state index is 0.0272. The summed E-state index contributed by atoms with van der Waals surface area (Å²) in [5.41, 5.74) is 1.07. The molecule has 78 valence electrons. The van der Waals surface area contributed by atoms with Crippen LogP contribution >= 0.6 is 11.6 Å². The van der Waals surface area contributed by atoms with Crippen molar-refractivity contribution in [1.82, 2.24) is 9.80 Å². The highest BCUT2D eigenvalue weighted by atomic mass is 35.5. The normalized spacial score (nSPS) is 26.6. The van der Waals surface area contributed by atoms with Crippen LogP contribution in [-0.2, 0) is 4.79 Å². The molecule has 0 radical (unpaired) electrons. The van der Waals surface area contributed by atoms with Crippen molar-refractivity contribution >= 4 is 17.5 Å². The molecule has 1 atom stereocenters. The number of carbonyl (C=O) groups is 1. The average Bonchev–Trinajstić information content (AvgIpc) is 2.64. The van der Waals surface area contributed by atoms with E-state index in [0.717, 1.165) is 18.8 Å². The summed E-state index contributed by atoms with van der Waals surface area (Å²) < 4.78 is 0. The number of fused-ring (bicyclic) bond motifs is 1. The number of rotatable bonds is 1. The van der Waals surface area contributed by atoms with Crippen LogP contribution in [0.3, 0.4) is 0 Å². The molecule has 2 saturated heterocycles. The van der Waals surface area contributed by atoms with E-state index in [2.05, 4.69) is 11.5 Å². The maximum absolute atomic E-state index is 11.4. The van der Waals surface area contributed by atoms with Crippen molar-refractivity contribution in [2.24, 2.45) is 0 Å². The average molecular weight is 215 g/mol. The third kappa shape index (κ3) is 1.61. The van der Waals surface area contributed by atoms with Crippen LogP contribution in [0.1, 0.15) is 12.8 Å². The summed E-state index contributed by atoms with van der Waals surface area (Å²) >= 11 is 5.54. The van der Waals surface area contributed by atoms with Crippen molar-refractivity contribution in [3.8, 4) is 0 Å². The van der Waals surface area contributed by atoms with Gasteiger partial charge in [-0.15, -0.1) is 11.6 Å². The molecule has 0 spiro atoms. The summed E-state index contributed by atoms with van der Waals surface area (Å²) in [6.07, 6.45) is 2.39. The van der Waals surface area contributed by atoms with Crippen LogP contribution in [-0.4, -0.2) is 47.3 Å². The van der Waals surface area contributed by atoms with Gasteiger partial charge in [-0.05, 0) is 12.8 Å². The van der Waals surface area contributed by atoms with E-state index >= 15 is 0 Å². The molecule has 2 fully saturated rings. The number of halogens is 1. The second-order valence-electron chi connectivity index (χ2n) is 3.96. The van der Waals surface area contributed by atoms with Gasteiger partial charge in [0.25, 0.3) is 0 Å². The molecule has 0 aromatic carbocycles. The molecule has 0 N–H and O–H groups in total. The highest BCUT2D eigenvalue weighted by molar-refractivity contribution is 6.27. The first-order chi connectivity index (χ1) is 6.72. The lowest BCUT2D eigenvalue weighted by atomic mass is 10.1. The molecule has 2 aliphatic rings. The minimum atomic E-state index is 0.0272. The maximum atomic E-state index is 11.4. The molecule has 14 heavy (non-hydrogen) atoms. The quantitative estimate of drug-likeness (QED) is 0.610. The summed E-state index contributed by atoms with van der Waals surface area (Å²) in [5.74, 6) is 0.111. The Morgan fingerprint density at radius 1 is 1.64 bits per heavy atom. The van der Waals surface area contributed by atoms with Crippen LogP contribution in [0.2, 0.25) is 0 Å². The van der Waals surface area contributed by atoms with Crippen molar-refractivity contribution < 1.29 is 4.79 Å². The van der Waals surface area contributed by atoms with E-state index < -0.39 is 0 Å². The monoisotopic (exact) mass is 214 g/mol. The Kier molecular flexibility index (Phi) is 2.68. The molecule has 2 aliphatic heterocycles. The Balaban J connectivity index is 2.05. The Morgan fingerprint density at radius 2 is 2.43 bits per heavy atom. The molecular weight excluding hydrogens is 200 g/mol. The second kappa shape index (κ2) is 3.81. The van der Waals surface area contributed by atoms with E-state index in [0.29, 0.717) is 12.6 Å². The van der Waals surface area contributed by atoms with Gasteiger partial charge in [0.2, 0.25) is 5.91 Å². The molecule has 0 aromatic heterocycles. The Bertz CT molecular complexity index is 267. The number of alkyl halides is 1. The zero-order valence-electron chi connectivity index (χ0n) is 8.21. The Labute approximate surface area is 89.3 Å². The first kappa shape index (κ1) is 9.84. The van der Waals surface area contributed by atoms with Gasteiger partial charge in [-0.1, -0.05) is 6.58 Å². The third-order valence-corrected chi connectivity index (χ3v) is 3.28. The number of hydrogen-bond donors (Lipinski definition) is 0. The van der Waals surface area contributed by atoms with Crippen molar-refractivity contribution in [1.29, 1.82) is 0 Å². The molecule has 1 amide bonds. The van der Waals surface area contributed by atoms with Gasteiger partial charge in [0.05, 0.1) is 6.54 Å². The zero-order chi connectivity index (χ0) is 10.1. The highest BCUT2D eigenvalue weighted by Crippen LogP contribution is 2.26. The summed E-state index contributed by atoms with van der Waals surface area (Å²) in [4.78, 5) is 15.6. The predicted molar refractivity (Wildman–Crippen MR) is 56.2 cm³/mol. The van der Waals surface area contributed by atoms with Crippen molar-refractivity contribution in [2.45, 2.75) is 18.9 Å². The number of amides is 1. The van der Waals surface area contributed by atoms with Crippen molar-refractivity contribution in [3.05, 3.63) is 12.3 Å². The predicted octanol–water partition coefficient (Wildman–Crippen LogP) is 1.05. The summed E-state index contributed by atoms with van der Waals surface area (Å²) in [5, 5.41) is 0. The number of carbonyl (C=O) groups excluding carboxylic acids is 1. The Morgan fingerprint density at radius 3 is 3.14 bits per heavy atom. The van der Waals surface area contributed by atoms with E-state index in [1.807, 2.05) is 4.90 Å². The van der Waals surface area contributed by atoms with Crippen molar-refractivity contribution in [2.75, 3.05) is 25.5 Å². The zero-order valence-corrected chi connectivity index (χ0v) is 8.96. The number of hydrogen-bond acceptors (Lipinski definition) is 2. The van der Waals surface area contributed by atoms with Gasteiger partial charge in [-0.3, -0.25) is 4.79 Å². The fourth-order valence-corrected chi connectivity index (χ4v) is 2.52. The van der Waals surface area contributed by atoms with Gasteiger partial charge in [0, 0.05) is 24.8 Å². The van der Waals surface area contributed by atoms with Gasteiger partial charge in [-0.2, -0.15) is 0 Å². The first-order valence-corrected chi connectivity index (χ1v) is 5.54. The lowest BCUT2D eigenvalue weighted by Crippen LogP contribution is -2.50. The molecule has 4 heteroatoms. The smallest absolute Gasteiger partial charge is 0.237 e. The van der Waals surface area contributed by atoms with Crippen LogP contribution in [0.4, 0.5) is 0 Å². The molecule has 1 unspecified atom stereocenters. The second-order valence-corrected chi connectivity index (χ2v) is 4.23. The molecule has 0 aromatic rings. The van der Waals surface area contributed by atoms with Crippen LogP contribution in [0.5, 0.6) is 0 Å². The SMILES string of the molecule is C=C1CN(C(=O)CCl)CC2CCCN12. The van der Waals surface area contributed by atoms with Gasteiger partial charge in [0.15, 0.2) is 0 Å². The molecule has 0 aliphatic carbocycles. The molecule has 0 saturated carbocycles. The summed E-state index contributed by atoms with van der Waals surface area (Å²) in [6, 6.07) is 0.489. The minimum Gasteiger partial charge on any atom is -0.369 e. The lowest BCUT2D eigenvalue weighted by molar-refractivity contribution is -0.130. The van der Waals surface area contributed by atoms with E-state index in [1.54, 1.807) is 0 Å². The van der Waals surface area contributed by atoms with Crippen LogP contribution in [0, 0.1) is 0 Å². The summed E-state index contributed by atoms with van der Waals surface area (Å²) in [7, 11) is 0. The Hall–Kier alpha value is -0.700.